The van der Waals surface area contributed by atoms with Crippen molar-refractivity contribution in [2.24, 2.45) is 11.7 Å². The van der Waals surface area contributed by atoms with Crippen LogP contribution in [0.5, 0.6) is 0 Å². The predicted octanol–water partition coefficient (Wildman–Crippen LogP) is 0.546. The molecule has 1 atom stereocenters. The number of hydrogen-bond acceptors (Lipinski definition) is 5. The Hall–Kier alpha value is -1.48. The lowest BCUT2D eigenvalue weighted by Crippen LogP contribution is -2.48. The summed E-state index contributed by atoms with van der Waals surface area (Å²) in [6, 6.07) is 6.37. The van der Waals surface area contributed by atoms with Gasteiger partial charge >= 0.3 is 0 Å². The van der Waals surface area contributed by atoms with E-state index in [2.05, 4.69) is 17.1 Å². The number of rotatable bonds is 6. The van der Waals surface area contributed by atoms with Gasteiger partial charge in [0.2, 0.25) is 15.9 Å². The molecule has 2 rings (SSSR count). The van der Waals surface area contributed by atoms with Gasteiger partial charge in [0.15, 0.2) is 0 Å². The van der Waals surface area contributed by atoms with Gasteiger partial charge in [-0.1, -0.05) is 19.9 Å². The molecular formula is C16H26N4O3S. The zero-order valence-electron chi connectivity index (χ0n) is 14.2. The number of carbonyl (C=O) groups is 1. The third-order valence-corrected chi connectivity index (χ3v) is 6.21. The molecule has 7 nitrogen and oxygen atoms in total. The van der Waals surface area contributed by atoms with E-state index in [0.29, 0.717) is 18.8 Å². The molecule has 1 unspecified atom stereocenters. The number of nitrogens with one attached hydrogen (secondary N) is 1. The van der Waals surface area contributed by atoms with E-state index in [1.54, 1.807) is 25.1 Å². The summed E-state index contributed by atoms with van der Waals surface area (Å²) in [5.41, 5.74) is 5.94. The topological polar surface area (TPSA) is 95.7 Å². The van der Waals surface area contributed by atoms with E-state index < -0.39 is 10.0 Å². The highest BCUT2D eigenvalue weighted by Gasteiger charge is 2.28. The minimum absolute atomic E-state index is 0.200. The third-order valence-electron chi connectivity index (χ3n) is 4.32. The van der Waals surface area contributed by atoms with Gasteiger partial charge in [-0.25, -0.2) is 8.42 Å². The number of piperazine rings is 1. The highest BCUT2D eigenvalue weighted by molar-refractivity contribution is 7.89. The fourth-order valence-corrected chi connectivity index (χ4v) is 4.01. The fourth-order valence-electron chi connectivity index (χ4n) is 2.54. The summed E-state index contributed by atoms with van der Waals surface area (Å²) in [7, 11) is -3.55. The SMILES string of the molecule is CCN1CCN(S(=O)(=O)c2cccc(NC(=O)C(C)CN)c2)CC1. The van der Waals surface area contributed by atoms with Crippen molar-refractivity contribution in [3.8, 4) is 0 Å². The Bertz CT molecular complexity index is 670. The first-order valence-corrected chi connectivity index (χ1v) is 9.66. The second kappa shape index (κ2) is 8.06. The van der Waals surface area contributed by atoms with Gasteiger partial charge in [-0.15, -0.1) is 0 Å². The molecule has 1 fully saturated rings. The maximum absolute atomic E-state index is 12.8. The predicted molar refractivity (Wildman–Crippen MR) is 94.2 cm³/mol. The van der Waals surface area contributed by atoms with Crippen molar-refractivity contribution in [1.29, 1.82) is 0 Å². The molecule has 0 radical (unpaired) electrons. The number of likely N-dealkylation sites (N-methyl/N-ethyl adjacent to an activating group) is 1. The molecule has 1 aliphatic heterocycles. The highest BCUT2D eigenvalue weighted by Crippen LogP contribution is 2.21. The molecule has 1 aromatic rings. The molecule has 1 heterocycles. The van der Waals surface area contributed by atoms with E-state index in [4.69, 9.17) is 5.73 Å². The van der Waals surface area contributed by atoms with Gasteiger partial charge in [-0.2, -0.15) is 4.31 Å². The van der Waals surface area contributed by atoms with Crippen LogP contribution in [0.1, 0.15) is 13.8 Å². The third kappa shape index (κ3) is 4.32. The first-order chi connectivity index (χ1) is 11.4. The Kier molecular flexibility index (Phi) is 6.34. The van der Waals surface area contributed by atoms with Crippen molar-refractivity contribution in [1.82, 2.24) is 9.21 Å². The summed E-state index contributed by atoms with van der Waals surface area (Å²) in [4.78, 5) is 14.3. The fraction of sp³-hybridized carbons (Fsp3) is 0.562. The van der Waals surface area contributed by atoms with Crippen molar-refractivity contribution in [2.45, 2.75) is 18.7 Å². The maximum Gasteiger partial charge on any atom is 0.243 e. The summed E-state index contributed by atoms with van der Waals surface area (Å²) < 4.78 is 27.1. The molecule has 0 spiro atoms. The van der Waals surface area contributed by atoms with Crippen LogP contribution in [0, 0.1) is 5.92 Å². The van der Waals surface area contributed by atoms with Crippen LogP contribution in [-0.4, -0.2) is 62.8 Å². The number of sulfonamides is 1. The van der Waals surface area contributed by atoms with Crippen LogP contribution in [0.15, 0.2) is 29.2 Å². The van der Waals surface area contributed by atoms with Crippen molar-refractivity contribution < 1.29 is 13.2 Å². The first kappa shape index (κ1) is 18.9. The first-order valence-electron chi connectivity index (χ1n) is 8.22. The van der Waals surface area contributed by atoms with Gasteiger partial charge < -0.3 is 16.0 Å². The Morgan fingerprint density at radius 1 is 1.29 bits per heavy atom. The molecule has 1 aliphatic rings. The summed E-state index contributed by atoms with van der Waals surface area (Å²) in [5, 5.41) is 2.71. The van der Waals surface area contributed by atoms with E-state index >= 15 is 0 Å². The largest absolute Gasteiger partial charge is 0.330 e. The molecule has 24 heavy (non-hydrogen) atoms. The minimum atomic E-state index is -3.55. The second-order valence-corrected chi connectivity index (χ2v) is 7.93. The lowest BCUT2D eigenvalue weighted by molar-refractivity contribution is -0.119. The molecule has 0 aromatic heterocycles. The molecule has 0 bridgehead atoms. The van der Waals surface area contributed by atoms with Crippen LogP contribution in [0.2, 0.25) is 0 Å². The molecule has 0 aliphatic carbocycles. The van der Waals surface area contributed by atoms with Crippen molar-refractivity contribution in [3.05, 3.63) is 24.3 Å². The van der Waals surface area contributed by atoms with Crippen LogP contribution in [-0.2, 0) is 14.8 Å². The number of amides is 1. The van der Waals surface area contributed by atoms with E-state index in [1.807, 2.05) is 0 Å². The normalized spacial score (nSPS) is 18.3. The standard InChI is InChI=1S/C16H26N4O3S/c1-3-19-7-9-20(10-8-19)24(22,23)15-6-4-5-14(11-15)18-16(21)13(2)12-17/h4-6,11,13H,3,7-10,12,17H2,1-2H3,(H,18,21). The quantitative estimate of drug-likeness (QED) is 0.778. The Labute approximate surface area is 143 Å². The van der Waals surface area contributed by atoms with Crippen molar-refractivity contribution in [2.75, 3.05) is 44.6 Å². The van der Waals surface area contributed by atoms with Gasteiger partial charge in [0.05, 0.1) is 4.90 Å². The number of benzene rings is 1. The Morgan fingerprint density at radius 3 is 2.54 bits per heavy atom. The smallest absolute Gasteiger partial charge is 0.243 e. The minimum Gasteiger partial charge on any atom is -0.330 e. The highest BCUT2D eigenvalue weighted by atomic mass is 32.2. The number of carbonyl (C=O) groups excluding carboxylic acids is 1. The van der Waals surface area contributed by atoms with Gasteiger partial charge in [-0.05, 0) is 24.7 Å². The number of nitrogens with zero attached hydrogens (tertiary/aromatic N) is 2. The van der Waals surface area contributed by atoms with Gasteiger partial charge in [0.25, 0.3) is 0 Å². The maximum atomic E-state index is 12.8. The van der Waals surface area contributed by atoms with Gasteiger partial charge in [-0.3, -0.25) is 4.79 Å². The second-order valence-electron chi connectivity index (χ2n) is 5.99. The summed E-state index contributed by atoms with van der Waals surface area (Å²) in [5.74, 6) is -0.545. The Balaban J connectivity index is 2.14. The summed E-state index contributed by atoms with van der Waals surface area (Å²) in [6.07, 6.45) is 0. The number of nitrogens with two attached hydrogens (primary N) is 1. The summed E-state index contributed by atoms with van der Waals surface area (Å²) in [6.45, 7) is 7.40. The monoisotopic (exact) mass is 354 g/mol. The zero-order valence-corrected chi connectivity index (χ0v) is 15.1. The zero-order chi connectivity index (χ0) is 17.7. The van der Waals surface area contributed by atoms with Crippen LogP contribution in [0.4, 0.5) is 5.69 Å². The van der Waals surface area contributed by atoms with E-state index in [0.717, 1.165) is 19.6 Å². The van der Waals surface area contributed by atoms with E-state index in [1.165, 1.54) is 10.4 Å². The molecule has 1 aromatic carbocycles. The molecule has 8 heteroatoms. The molecule has 0 saturated carbocycles. The average molecular weight is 354 g/mol. The van der Waals surface area contributed by atoms with Gasteiger partial charge in [0.1, 0.15) is 0 Å². The molecule has 3 N–H and O–H groups in total. The molecular weight excluding hydrogens is 328 g/mol. The lowest BCUT2D eigenvalue weighted by atomic mass is 10.1. The van der Waals surface area contributed by atoms with Crippen LogP contribution in [0.3, 0.4) is 0 Å². The average Bonchev–Trinajstić information content (AvgIpc) is 2.61. The Morgan fingerprint density at radius 2 is 1.96 bits per heavy atom. The van der Waals surface area contributed by atoms with Crippen LogP contribution >= 0.6 is 0 Å². The number of hydrogen-bond donors (Lipinski definition) is 2. The van der Waals surface area contributed by atoms with Gasteiger partial charge in [0, 0.05) is 44.3 Å². The van der Waals surface area contributed by atoms with Crippen molar-refractivity contribution in [3.63, 3.8) is 0 Å². The number of anilines is 1. The lowest BCUT2D eigenvalue weighted by Gasteiger charge is -2.33. The van der Waals surface area contributed by atoms with E-state index in [9.17, 15) is 13.2 Å². The van der Waals surface area contributed by atoms with Crippen LogP contribution in [0.25, 0.3) is 0 Å². The summed E-state index contributed by atoms with van der Waals surface area (Å²) >= 11 is 0. The molecule has 134 valence electrons. The molecule has 1 amide bonds. The van der Waals surface area contributed by atoms with E-state index in [-0.39, 0.29) is 23.3 Å². The van der Waals surface area contributed by atoms with Crippen molar-refractivity contribution >= 4 is 21.6 Å². The molecule has 1 saturated heterocycles. The van der Waals surface area contributed by atoms with Crippen LogP contribution < -0.4 is 11.1 Å².